The van der Waals surface area contributed by atoms with Crippen LogP contribution in [0.3, 0.4) is 0 Å². The van der Waals surface area contributed by atoms with Crippen LogP contribution in [0.4, 0.5) is 11.4 Å². The van der Waals surface area contributed by atoms with E-state index in [9.17, 15) is 0 Å². The van der Waals surface area contributed by atoms with E-state index in [1.165, 1.54) is 33.6 Å². The minimum atomic E-state index is 0.940. The summed E-state index contributed by atoms with van der Waals surface area (Å²) < 4.78 is 0. The number of hydrogen-bond acceptors (Lipinski definition) is 3. The molecule has 0 fully saturated rings. The largest absolute Gasteiger partial charge is 0.383 e. The Kier molecular flexibility index (Phi) is 6.48. The molecule has 0 aromatic heterocycles. The minimum Gasteiger partial charge on any atom is -0.383 e. The molecular formula is C20H29N3. The molecule has 0 unspecified atom stereocenters. The third-order valence-electron chi connectivity index (χ3n) is 4.17. The molecule has 0 aliphatic heterocycles. The van der Waals surface area contributed by atoms with Gasteiger partial charge in [-0.3, -0.25) is 0 Å². The highest BCUT2D eigenvalue weighted by atomic mass is 15.0. The fourth-order valence-electron chi connectivity index (χ4n) is 2.86. The fourth-order valence-corrected chi connectivity index (χ4v) is 2.86. The summed E-state index contributed by atoms with van der Waals surface area (Å²) in [6, 6.07) is 12.8. The van der Waals surface area contributed by atoms with Crippen LogP contribution in [0, 0.1) is 27.7 Å². The molecule has 0 aliphatic carbocycles. The summed E-state index contributed by atoms with van der Waals surface area (Å²) in [5, 5.41) is 10.5. The maximum atomic E-state index is 3.53. The maximum Gasteiger partial charge on any atom is 0.0400 e. The summed E-state index contributed by atoms with van der Waals surface area (Å²) in [4.78, 5) is 0. The zero-order chi connectivity index (χ0) is 16.7. The van der Waals surface area contributed by atoms with Crippen molar-refractivity contribution in [3.05, 3.63) is 58.7 Å². The Morgan fingerprint density at radius 1 is 0.565 bits per heavy atom. The van der Waals surface area contributed by atoms with Crippen molar-refractivity contribution in [2.24, 2.45) is 0 Å². The van der Waals surface area contributed by atoms with Gasteiger partial charge in [0.2, 0.25) is 0 Å². The van der Waals surface area contributed by atoms with Crippen LogP contribution < -0.4 is 16.0 Å². The Hall–Kier alpha value is -2.00. The number of anilines is 2. The number of rotatable bonds is 8. The predicted octanol–water partition coefficient (Wildman–Crippen LogP) is 4.03. The molecular weight excluding hydrogens is 282 g/mol. The van der Waals surface area contributed by atoms with E-state index in [1.807, 2.05) is 0 Å². The zero-order valence-electron chi connectivity index (χ0n) is 14.8. The molecule has 0 amide bonds. The van der Waals surface area contributed by atoms with Crippen LogP contribution in [0.1, 0.15) is 22.3 Å². The van der Waals surface area contributed by atoms with Crippen molar-refractivity contribution in [1.29, 1.82) is 0 Å². The molecule has 2 aromatic rings. The van der Waals surface area contributed by atoms with Crippen LogP contribution in [0.25, 0.3) is 0 Å². The average molecular weight is 311 g/mol. The Balaban J connectivity index is 1.65. The van der Waals surface area contributed by atoms with E-state index >= 15 is 0 Å². The van der Waals surface area contributed by atoms with Crippen molar-refractivity contribution >= 4 is 11.4 Å². The van der Waals surface area contributed by atoms with Gasteiger partial charge in [-0.25, -0.2) is 0 Å². The molecule has 3 N–H and O–H groups in total. The minimum absolute atomic E-state index is 0.940. The number of aryl methyl sites for hydroxylation is 4. The van der Waals surface area contributed by atoms with Gasteiger partial charge in [-0.15, -0.1) is 0 Å². The highest BCUT2D eigenvalue weighted by molar-refractivity contribution is 5.57. The smallest absolute Gasteiger partial charge is 0.0400 e. The lowest BCUT2D eigenvalue weighted by molar-refractivity contribution is 0.718. The monoisotopic (exact) mass is 311 g/mol. The number of hydrogen-bond donors (Lipinski definition) is 3. The highest BCUT2D eigenvalue weighted by Gasteiger charge is 2.01. The van der Waals surface area contributed by atoms with E-state index in [0.29, 0.717) is 0 Å². The van der Waals surface area contributed by atoms with Crippen molar-refractivity contribution < 1.29 is 0 Å². The van der Waals surface area contributed by atoms with E-state index < -0.39 is 0 Å². The van der Waals surface area contributed by atoms with Gasteiger partial charge in [-0.1, -0.05) is 36.4 Å². The van der Waals surface area contributed by atoms with E-state index in [2.05, 4.69) is 80.0 Å². The second kappa shape index (κ2) is 8.59. The molecule has 2 aromatic carbocycles. The van der Waals surface area contributed by atoms with Crippen LogP contribution >= 0.6 is 0 Å². The zero-order valence-corrected chi connectivity index (χ0v) is 14.8. The summed E-state index contributed by atoms with van der Waals surface area (Å²) in [7, 11) is 0. The molecule has 124 valence electrons. The lowest BCUT2D eigenvalue weighted by atomic mass is 10.1. The van der Waals surface area contributed by atoms with Crippen LogP contribution in [-0.4, -0.2) is 26.2 Å². The first-order chi connectivity index (χ1) is 11.1. The first-order valence-electron chi connectivity index (χ1n) is 8.40. The number of nitrogens with one attached hydrogen (secondary N) is 3. The molecule has 23 heavy (non-hydrogen) atoms. The second-order valence-corrected chi connectivity index (χ2v) is 6.14. The van der Waals surface area contributed by atoms with Gasteiger partial charge in [0.1, 0.15) is 0 Å². The van der Waals surface area contributed by atoms with E-state index in [4.69, 9.17) is 0 Å². The van der Waals surface area contributed by atoms with Gasteiger partial charge in [0.25, 0.3) is 0 Å². The van der Waals surface area contributed by atoms with Crippen molar-refractivity contribution in [2.45, 2.75) is 27.7 Å². The summed E-state index contributed by atoms with van der Waals surface area (Å²) in [5.41, 5.74) is 7.76. The molecule has 2 rings (SSSR count). The van der Waals surface area contributed by atoms with Gasteiger partial charge >= 0.3 is 0 Å². The lowest BCUT2D eigenvalue weighted by Crippen LogP contribution is -2.27. The third-order valence-corrected chi connectivity index (χ3v) is 4.17. The third kappa shape index (κ3) is 5.00. The Bertz CT molecular complexity index is 539. The van der Waals surface area contributed by atoms with E-state index in [1.54, 1.807) is 0 Å². The van der Waals surface area contributed by atoms with Crippen LogP contribution in [0.2, 0.25) is 0 Å². The van der Waals surface area contributed by atoms with Gasteiger partial charge in [0, 0.05) is 37.6 Å². The van der Waals surface area contributed by atoms with Gasteiger partial charge in [0.05, 0.1) is 0 Å². The first kappa shape index (κ1) is 17.4. The molecule has 0 aliphatic rings. The second-order valence-electron chi connectivity index (χ2n) is 6.14. The molecule has 0 spiro atoms. The highest BCUT2D eigenvalue weighted by Crippen LogP contribution is 2.19. The standard InChI is InChI=1S/C20H29N3/c1-15-7-5-8-16(2)19(15)22-13-11-21-12-14-23-20-17(3)9-6-10-18(20)4/h5-10,21-23H,11-14H2,1-4H3. The van der Waals surface area contributed by atoms with Crippen molar-refractivity contribution in [3.63, 3.8) is 0 Å². The van der Waals surface area contributed by atoms with Gasteiger partial charge in [-0.2, -0.15) is 0 Å². The Morgan fingerprint density at radius 3 is 1.26 bits per heavy atom. The van der Waals surface area contributed by atoms with Crippen LogP contribution in [0.15, 0.2) is 36.4 Å². The first-order valence-corrected chi connectivity index (χ1v) is 8.40. The van der Waals surface area contributed by atoms with E-state index in [-0.39, 0.29) is 0 Å². The van der Waals surface area contributed by atoms with Crippen molar-refractivity contribution in [1.82, 2.24) is 5.32 Å². The molecule has 0 atom stereocenters. The number of para-hydroxylation sites is 2. The summed E-state index contributed by atoms with van der Waals surface area (Å²) in [6.45, 7) is 12.4. The summed E-state index contributed by atoms with van der Waals surface area (Å²) >= 11 is 0. The molecule has 0 saturated carbocycles. The fraction of sp³-hybridized carbons (Fsp3) is 0.400. The maximum absolute atomic E-state index is 3.53. The normalized spacial score (nSPS) is 10.6. The van der Waals surface area contributed by atoms with E-state index in [0.717, 1.165) is 26.2 Å². The van der Waals surface area contributed by atoms with Crippen LogP contribution in [-0.2, 0) is 0 Å². The lowest BCUT2D eigenvalue weighted by Gasteiger charge is -2.14. The Morgan fingerprint density at radius 2 is 0.913 bits per heavy atom. The van der Waals surface area contributed by atoms with Gasteiger partial charge in [-0.05, 0) is 49.9 Å². The number of benzene rings is 2. The van der Waals surface area contributed by atoms with Crippen molar-refractivity contribution in [2.75, 3.05) is 36.8 Å². The van der Waals surface area contributed by atoms with Gasteiger partial charge < -0.3 is 16.0 Å². The summed E-state index contributed by atoms with van der Waals surface area (Å²) in [5.74, 6) is 0. The topological polar surface area (TPSA) is 36.1 Å². The molecule has 0 saturated heterocycles. The molecule has 3 heteroatoms. The molecule has 0 radical (unpaired) electrons. The average Bonchev–Trinajstić information content (AvgIpc) is 2.51. The van der Waals surface area contributed by atoms with Gasteiger partial charge in [0.15, 0.2) is 0 Å². The SMILES string of the molecule is Cc1cccc(C)c1NCCNCCNc1c(C)cccc1C. The molecule has 0 bridgehead atoms. The van der Waals surface area contributed by atoms with Crippen LogP contribution in [0.5, 0.6) is 0 Å². The predicted molar refractivity (Wildman–Crippen MR) is 102 cm³/mol. The molecule has 0 heterocycles. The molecule has 3 nitrogen and oxygen atoms in total. The van der Waals surface area contributed by atoms with Crippen molar-refractivity contribution in [3.8, 4) is 0 Å². The Labute approximate surface area is 140 Å². The quantitative estimate of drug-likeness (QED) is 0.644. The summed E-state index contributed by atoms with van der Waals surface area (Å²) in [6.07, 6.45) is 0.